The maximum Gasteiger partial charge on any atom is 0.267 e. The van der Waals surface area contributed by atoms with Crippen LogP contribution in [-0.2, 0) is 7.05 Å². The van der Waals surface area contributed by atoms with E-state index < -0.39 is 5.91 Å². The summed E-state index contributed by atoms with van der Waals surface area (Å²) in [7, 11) is 3.75. The summed E-state index contributed by atoms with van der Waals surface area (Å²) < 4.78 is 8.27. The topological polar surface area (TPSA) is 82.5 Å². The van der Waals surface area contributed by atoms with E-state index in [1.165, 1.54) is 0 Å². The van der Waals surface area contributed by atoms with Gasteiger partial charge in [0, 0.05) is 37.6 Å². The fraction of sp³-hybridized carbons (Fsp3) is 0.0800. The molecular formula is C25H22N4O2. The van der Waals surface area contributed by atoms with Gasteiger partial charge in [-0.25, -0.2) is 4.98 Å². The van der Waals surface area contributed by atoms with Crippen molar-refractivity contribution in [3.8, 4) is 34.0 Å². The molecular weight excluding hydrogens is 388 g/mol. The first-order valence-electron chi connectivity index (χ1n) is 9.78. The van der Waals surface area contributed by atoms with Crippen molar-refractivity contribution in [1.82, 2.24) is 9.55 Å². The number of hydrogen-bond donors (Lipinski definition) is 1. The molecule has 31 heavy (non-hydrogen) atoms. The van der Waals surface area contributed by atoms with Crippen LogP contribution in [-0.4, -0.2) is 28.7 Å². The number of carbonyl (C=O) groups excluding carboxylic acids is 1. The number of primary amides is 1. The normalized spacial score (nSPS) is 11.0. The standard InChI is InChI=1S/C25H22N4O2/c1-27-16-17-8-13-24(20(15-17)23-7-4-14-29(23)2)31-19-11-9-18(10-12-19)21-5-3-6-22(28-21)25(26)30/h3-16H,1-2H3,(H2,26,30). The number of nitrogens with two attached hydrogens (primary N) is 1. The van der Waals surface area contributed by atoms with Gasteiger partial charge in [-0.05, 0) is 72.3 Å². The molecule has 0 aliphatic carbocycles. The zero-order valence-electron chi connectivity index (χ0n) is 17.3. The summed E-state index contributed by atoms with van der Waals surface area (Å²) in [5, 5.41) is 0. The summed E-state index contributed by atoms with van der Waals surface area (Å²) in [6.45, 7) is 0. The van der Waals surface area contributed by atoms with E-state index in [0.29, 0.717) is 11.4 Å². The molecule has 2 aromatic heterocycles. The van der Waals surface area contributed by atoms with Gasteiger partial charge in [-0.1, -0.05) is 6.07 Å². The van der Waals surface area contributed by atoms with Crippen LogP contribution in [0.1, 0.15) is 16.1 Å². The molecule has 2 aromatic carbocycles. The van der Waals surface area contributed by atoms with Crippen molar-refractivity contribution in [3.05, 3.63) is 90.3 Å². The molecule has 2 N–H and O–H groups in total. The number of ether oxygens (including phenoxy) is 1. The first-order valence-corrected chi connectivity index (χ1v) is 9.78. The highest BCUT2D eigenvalue weighted by atomic mass is 16.5. The summed E-state index contributed by atoms with van der Waals surface area (Å²) in [5.74, 6) is 0.894. The third kappa shape index (κ3) is 4.38. The first kappa shape index (κ1) is 20.1. The lowest BCUT2D eigenvalue weighted by Crippen LogP contribution is -2.12. The molecule has 0 spiro atoms. The van der Waals surface area contributed by atoms with Gasteiger partial charge in [0.25, 0.3) is 5.91 Å². The van der Waals surface area contributed by atoms with Gasteiger partial charge in [-0.2, -0.15) is 0 Å². The second-order valence-corrected chi connectivity index (χ2v) is 7.05. The summed E-state index contributed by atoms with van der Waals surface area (Å²) in [6, 6.07) is 22.8. The van der Waals surface area contributed by atoms with Gasteiger partial charge >= 0.3 is 0 Å². The number of pyridine rings is 1. The predicted molar refractivity (Wildman–Crippen MR) is 123 cm³/mol. The average molecular weight is 410 g/mol. The third-order valence-electron chi connectivity index (χ3n) is 4.88. The van der Waals surface area contributed by atoms with Crippen molar-refractivity contribution in [2.75, 3.05) is 7.05 Å². The van der Waals surface area contributed by atoms with Crippen molar-refractivity contribution in [2.45, 2.75) is 0 Å². The number of rotatable bonds is 6. The van der Waals surface area contributed by atoms with E-state index in [2.05, 4.69) is 26.7 Å². The summed E-state index contributed by atoms with van der Waals surface area (Å²) in [5.41, 5.74) is 10.1. The van der Waals surface area contributed by atoms with E-state index in [0.717, 1.165) is 28.1 Å². The van der Waals surface area contributed by atoms with Gasteiger partial charge in [-0.3, -0.25) is 9.79 Å². The summed E-state index contributed by atoms with van der Waals surface area (Å²) in [6.07, 6.45) is 3.82. The Balaban J connectivity index is 1.65. The molecule has 0 bridgehead atoms. The third-order valence-corrected chi connectivity index (χ3v) is 4.88. The fourth-order valence-electron chi connectivity index (χ4n) is 3.36. The number of aromatic nitrogens is 2. The van der Waals surface area contributed by atoms with Crippen LogP contribution in [0.25, 0.3) is 22.5 Å². The van der Waals surface area contributed by atoms with E-state index in [1.54, 1.807) is 19.2 Å². The van der Waals surface area contributed by atoms with Crippen molar-refractivity contribution in [3.63, 3.8) is 0 Å². The van der Waals surface area contributed by atoms with Crippen LogP contribution in [0.15, 0.2) is 84.0 Å². The Labute approximate surface area is 180 Å². The SMILES string of the molecule is CN=Cc1ccc(Oc2ccc(-c3cccc(C(N)=O)n3)cc2)c(-c2cccn2C)c1. The molecule has 0 aliphatic heterocycles. The summed E-state index contributed by atoms with van der Waals surface area (Å²) >= 11 is 0. The van der Waals surface area contributed by atoms with E-state index >= 15 is 0 Å². The maximum atomic E-state index is 11.4. The second kappa shape index (κ2) is 8.67. The van der Waals surface area contributed by atoms with Gasteiger partial charge in [0.05, 0.1) is 11.4 Å². The molecule has 2 heterocycles. The smallest absolute Gasteiger partial charge is 0.267 e. The van der Waals surface area contributed by atoms with Crippen LogP contribution in [0.4, 0.5) is 0 Å². The van der Waals surface area contributed by atoms with E-state index in [1.807, 2.05) is 68.0 Å². The van der Waals surface area contributed by atoms with Crippen molar-refractivity contribution in [2.24, 2.45) is 17.8 Å². The molecule has 154 valence electrons. The van der Waals surface area contributed by atoms with Crippen LogP contribution < -0.4 is 10.5 Å². The van der Waals surface area contributed by atoms with Gasteiger partial charge in [0.15, 0.2) is 0 Å². The van der Waals surface area contributed by atoms with Crippen LogP contribution in [0.5, 0.6) is 11.5 Å². The Morgan fingerprint density at radius 2 is 1.87 bits per heavy atom. The second-order valence-electron chi connectivity index (χ2n) is 7.05. The minimum Gasteiger partial charge on any atom is -0.457 e. The van der Waals surface area contributed by atoms with Crippen molar-refractivity contribution in [1.29, 1.82) is 0 Å². The molecule has 0 fully saturated rings. The van der Waals surface area contributed by atoms with E-state index in [-0.39, 0.29) is 5.69 Å². The molecule has 0 saturated heterocycles. The highest BCUT2D eigenvalue weighted by Crippen LogP contribution is 2.34. The van der Waals surface area contributed by atoms with Gasteiger partial charge in [0.1, 0.15) is 17.2 Å². The average Bonchev–Trinajstić information content (AvgIpc) is 3.21. The molecule has 0 aliphatic rings. The Morgan fingerprint density at radius 3 is 2.55 bits per heavy atom. The molecule has 0 saturated carbocycles. The van der Waals surface area contributed by atoms with Crippen molar-refractivity contribution >= 4 is 12.1 Å². The monoisotopic (exact) mass is 410 g/mol. The van der Waals surface area contributed by atoms with Crippen LogP contribution in [0.3, 0.4) is 0 Å². The minimum atomic E-state index is -0.549. The molecule has 6 nitrogen and oxygen atoms in total. The van der Waals surface area contributed by atoms with Crippen LogP contribution in [0.2, 0.25) is 0 Å². The highest BCUT2D eigenvalue weighted by molar-refractivity contribution is 5.91. The molecule has 4 aromatic rings. The number of hydrogen-bond acceptors (Lipinski definition) is 4. The number of carbonyl (C=O) groups is 1. The lowest BCUT2D eigenvalue weighted by atomic mass is 10.1. The maximum absolute atomic E-state index is 11.4. The minimum absolute atomic E-state index is 0.237. The van der Waals surface area contributed by atoms with Crippen molar-refractivity contribution < 1.29 is 9.53 Å². The Morgan fingerprint density at radius 1 is 1.06 bits per heavy atom. The molecule has 0 atom stereocenters. The number of aryl methyl sites for hydroxylation is 1. The quantitative estimate of drug-likeness (QED) is 0.468. The molecule has 6 heteroatoms. The van der Waals surface area contributed by atoms with Gasteiger partial charge < -0.3 is 15.0 Å². The Kier molecular flexibility index (Phi) is 5.62. The summed E-state index contributed by atoms with van der Waals surface area (Å²) in [4.78, 5) is 19.8. The lowest BCUT2D eigenvalue weighted by Gasteiger charge is -2.13. The number of aliphatic imine (C=N–C) groups is 1. The van der Waals surface area contributed by atoms with Gasteiger partial charge in [0.2, 0.25) is 0 Å². The number of benzene rings is 2. The number of amides is 1. The fourth-order valence-corrected chi connectivity index (χ4v) is 3.36. The van der Waals surface area contributed by atoms with Crippen LogP contribution in [0, 0.1) is 0 Å². The highest BCUT2D eigenvalue weighted by Gasteiger charge is 2.12. The lowest BCUT2D eigenvalue weighted by molar-refractivity contribution is 0.0995. The first-order chi connectivity index (χ1) is 15.0. The van der Waals surface area contributed by atoms with Gasteiger partial charge in [-0.15, -0.1) is 0 Å². The van der Waals surface area contributed by atoms with Crippen LogP contribution >= 0.6 is 0 Å². The molecule has 4 rings (SSSR count). The Bertz CT molecular complexity index is 1260. The predicted octanol–water partition coefficient (Wildman–Crippen LogP) is 4.69. The van der Waals surface area contributed by atoms with E-state index in [4.69, 9.17) is 10.5 Å². The Hall–Kier alpha value is -4.19. The largest absolute Gasteiger partial charge is 0.457 e. The number of nitrogens with zero attached hydrogens (tertiary/aromatic N) is 3. The van der Waals surface area contributed by atoms with E-state index in [9.17, 15) is 4.79 Å². The molecule has 1 amide bonds. The molecule has 0 unspecified atom stereocenters. The zero-order chi connectivity index (χ0) is 21.8. The molecule has 0 radical (unpaired) electrons. The zero-order valence-corrected chi connectivity index (χ0v) is 17.3.